The molecule has 0 N–H and O–H groups in total. The summed E-state index contributed by atoms with van der Waals surface area (Å²) in [5, 5.41) is 0. The van der Waals surface area contributed by atoms with Crippen LogP contribution in [0, 0.1) is 0 Å². The Morgan fingerprint density at radius 2 is 1.17 bits per heavy atom. The van der Waals surface area contributed by atoms with E-state index in [0.717, 1.165) is 0 Å². The molecular weight excluding hydrogens is 302 g/mol. The molecule has 0 heterocycles. The summed E-state index contributed by atoms with van der Waals surface area (Å²) >= 11 is 4.61. The Balaban J connectivity index is 3.68. The van der Waals surface area contributed by atoms with E-state index in [1.54, 1.807) is 0 Å². The summed E-state index contributed by atoms with van der Waals surface area (Å²) < 4.78 is 2.77. The van der Waals surface area contributed by atoms with Gasteiger partial charge in [-0.1, -0.05) is 0 Å². The van der Waals surface area contributed by atoms with Gasteiger partial charge >= 0.3 is 0 Å². The minimum absolute atomic E-state index is 1.38. The second-order valence-corrected chi connectivity index (χ2v) is 4.30. The maximum atomic E-state index is 2.30. The van der Waals surface area contributed by atoms with Gasteiger partial charge in [0.15, 0.2) is 0 Å². The van der Waals surface area contributed by atoms with Crippen molar-refractivity contribution in [2.45, 2.75) is 13.8 Å². The van der Waals surface area contributed by atoms with Crippen molar-refractivity contribution >= 4 is 45.2 Å². The monoisotopic (exact) mass is 308 g/mol. The highest BCUT2D eigenvalue weighted by molar-refractivity contribution is 14.1. The number of hydrogen-bond donors (Lipinski definition) is 0. The van der Waals surface area contributed by atoms with Crippen molar-refractivity contribution < 1.29 is 0 Å². The van der Waals surface area contributed by atoms with Crippen LogP contribution in [0.1, 0.15) is 13.8 Å². The van der Waals surface area contributed by atoms with Crippen LogP contribution >= 0.6 is 45.2 Å². The van der Waals surface area contributed by atoms with Crippen LogP contribution in [0.2, 0.25) is 0 Å². The summed E-state index contributed by atoms with van der Waals surface area (Å²) in [5.74, 6) is 0. The van der Waals surface area contributed by atoms with Crippen LogP contribution in [0.15, 0.2) is 7.16 Å². The maximum Gasteiger partial charge on any atom is -0.00353 e. The smallest absolute Gasteiger partial charge is 0.00353 e. The van der Waals surface area contributed by atoms with Gasteiger partial charge in [-0.15, -0.1) is 0 Å². The zero-order chi connectivity index (χ0) is 5.15. The highest BCUT2D eigenvalue weighted by Crippen LogP contribution is 2.15. The van der Waals surface area contributed by atoms with Crippen LogP contribution in [-0.2, 0) is 0 Å². The minimum Gasteiger partial charge on any atom is -0.0487 e. The van der Waals surface area contributed by atoms with Gasteiger partial charge in [-0.2, -0.15) is 0 Å². The largest absolute Gasteiger partial charge is 0.0487 e. The van der Waals surface area contributed by atoms with Gasteiger partial charge < -0.3 is 0 Å². The van der Waals surface area contributed by atoms with E-state index in [-0.39, 0.29) is 0 Å². The van der Waals surface area contributed by atoms with Crippen LogP contribution in [0.4, 0.5) is 0 Å². The summed E-state index contributed by atoms with van der Waals surface area (Å²) in [6.07, 6.45) is 0. The fraction of sp³-hybridized carbons (Fsp3) is 0.500. The second-order valence-electron chi connectivity index (χ2n) is 1.07. The molecule has 0 atom stereocenters. The van der Waals surface area contributed by atoms with Crippen molar-refractivity contribution in [1.29, 1.82) is 0 Å². The van der Waals surface area contributed by atoms with Crippen molar-refractivity contribution in [2.75, 3.05) is 0 Å². The molecule has 0 unspecified atom stereocenters. The molecular formula is C4H6I2. The van der Waals surface area contributed by atoms with Gasteiger partial charge in [0.2, 0.25) is 0 Å². The molecule has 0 radical (unpaired) electrons. The molecule has 0 spiro atoms. The Hall–Kier alpha value is 1.20. The summed E-state index contributed by atoms with van der Waals surface area (Å²) in [6.45, 7) is 4.20. The van der Waals surface area contributed by atoms with Gasteiger partial charge in [0.25, 0.3) is 0 Å². The van der Waals surface area contributed by atoms with Gasteiger partial charge in [0, 0.05) is 0 Å². The first-order valence-electron chi connectivity index (χ1n) is 1.63. The van der Waals surface area contributed by atoms with E-state index in [2.05, 4.69) is 59.0 Å². The van der Waals surface area contributed by atoms with Crippen LogP contribution < -0.4 is 0 Å². The highest BCUT2D eigenvalue weighted by Gasteiger charge is 1.80. The average molecular weight is 308 g/mol. The van der Waals surface area contributed by atoms with Crippen LogP contribution in [0.25, 0.3) is 0 Å². The molecule has 0 aromatic carbocycles. The Kier molecular flexibility index (Phi) is 3.88. The lowest BCUT2D eigenvalue weighted by atomic mass is 10.6. The first kappa shape index (κ1) is 7.20. The molecule has 2 heteroatoms. The second kappa shape index (κ2) is 3.23. The fourth-order valence-corrected chi connectivity index (χ4v) is 0. The Morgan fingerprint density at radius 3 is 1.17 bits per heavy atom. The van der Waals surface area contributed by atoms with Gasteiger partial charge in [-0.3, -0.25) is 0 Å². The van der Waals surface area contributed by atoms with Crippen molar-refractivity contribution in [3.05, 3.63) is 7.16 Å². The summed E-state index contributed by atoms with van der Waals surface area (Å²) in [5.41, 5.74) is 0. The van der Waals surface area contributed by atoms with E-state index in [1.807, 2.05) is 0 Å². The number of allylic oxidation sites excluding steroid dienone is 2. The summed E-state index contributed by atoms with van der Waals surface area (Å²) in [7, 11) is 0. The van der Waals surface area contributed by atoms with E-state index in [0.29, 0.717) is 0 Å². The molecule has 0 amide bonds. The Bertz CT molecular complexity index is 55.6. The summed E-state index contributed by atoms with van der Waals surface area (Å²) in [6, 6.07) is 0. The van der Waals surface area contributed by atoms with Gasteiger partial charge in [0.1, 0.15) is 0 Å². The molecule has 0 aliphatic heterocycles. The molecule has 0 saturated carbocycles. The maximum absolute atomic E-state index is 2.30. The third-order valence-electron chi connectivity index (χ3n) is 0.475. The Morgan fingerprint density at radius 1 is 1.00 bits per heavy atom. The lowest BCUT2D eigenvalue weighted by molar-refractivity contribution is 1.61. The van der Waals surface area contributed by atoms with Crippen LogP contribution in [-0.4, -0.2) is 0 Å². The van der Waals surface area contributed by atoms with Crippen molar-refractivity contribution in [2.24, 2.45) is 0 Å². The van der Waals surface area contributed by atoms with Gasteiger partial charge in [-0.25, -0.2) is 0 Å². The Labute approximate surface area is 65.7 Å². The van der Waals surface area contributed by atoms with Crippen molar-refractivity contribution in [3.63, 3.8) is 0 Å². The number of rotatable bonds is 0. The molecule has 0 fully saturated rings. The molecule has 0 aromatic rings. The van der Waals surface area contributed by atoms with E-state index in [9.17, 15) is 0 Å². The van der Waals surface area contributed by atoms with Crippen LogP contribution in [0.5, 0.6) is 0 Å². The van der Waals surface area contributed by atoms with E-state index >= 15 is 0 Å². The topological polar surface area (TPSA) is 0 Å². The predicted octanol–water partition coefficient (Wildman–Crippen LogP) is 3.11. The third-order valence-corrected chi connectivity index (χ3v) is 3.12. The summed E-state index contributed by atoms with van der Waals surface area (Å²) in [4.78, 5) is 0. The van der Waals surface area contributed by atoms with Crippen molar-refractivity contribution in [3.8, 4) is 0 Å². The molecule has 36 valence electrons. The molecule has 0 aliphatic carbocycles. The van der Waals surface area contributed by atoms with Crippen LogP contribution in [0.3, 0.4) is 0 Å². The standard InChI is InChI=1S/C4H6I2/c1-3(5)4(2)6/h1-2H3/b4-3-. The first-order chi connectivity index (χ1) is 2.64. The quantitative estimate of drug-likeness (QED) is 0.603. The van der Waals surface area contributed by atoms with Gasteiger partial charge in [-0.05, 0) is 66.2 Å². The molecule has 0 nitrogen and oxygen atoms in total. The molecule has 0 rings (SSSR count). The number of halogens is 2. The SMILES string of the molecule is C/C(I)=C(\C)I. The molecule has 0 saturated heterocycles. The number of hydrogen-bond acceptors (Lipinski definition) is 0. The minimum atomic E-state index is 1.38. The first-order valence-corrected chi connectivity index (χ1v) is 3.79. The lowest BCUT2D eigenvalue weighted by Crippen LogP contribution is -1.55. The molecule has 6 heavy (non-hydrogen) atoms. The molecule has 0 aromatic heterocycles. The normalized spacial score (nSPS) is 14.0. The average Bonchev–Trinajstić information content (AvgIpc) is 1.36. The fourth-order valence-electron chi connectivity index (χ4n) is 0. The van der Waals surface area contributed by atoms with Gasteiger partial charge in [0.05, 0.1) is 0 Å². The predicted molar refractivity (Wildman–Crippen MR) is 46.4 cm³/mol. The van der Waals surface area contributed by atoms with Crippen molar-refractivity contribution in [1.82, 2.24) is 0 Å². The van der Waals surface area contributed by atoms with E-state index < -0.39 is 0 Å². The third kappa shape index (κ3) is 3.39. The lowest BCUT2D eigenvalue weighted by Gasteiger charge is -1.83. The van der Waals surface area contributed by atoms with E-state index in [1.165, 1.54) is 7.16 Å². The molecule has 0 aliphatic rings. The zero-order valence-corrected chi connectivity index (χ0v) is 8.07. The highest BCUT2D eigenvalue weighted by atomic mass is 127. The zero-order valence-electron chi connectivity index (χ0n) is 3.76. The molecule has 0 bridgehead atoms. The van der Waals surface area contributed by atoms with E-state index in [4.69, 9.17) is 0 Å².